The maximum Gasteiger partial charge on any atom is 0.280 e. The Morgan fingerprint density at radius 3 is 1.29 bits per heavy atom. The van der Waals surface area contributed by atoms with E-state index in [-0.39, 0.29) is 64.5 Å². The van der Waals surface area contributed by atoms with Crippen LogP contribution in [0.4, 0.5) is 10.0 Å². The van der Waals surface area contributed by atoms with Crippen LogP contribution in [0.3, 0.4) is 0 Å². The Balaban J connectivity index is 0.842. The van der Waals surface area contributed by atoms with Gasteiger partial charge in [0.05, 0.1) is 12.1 Å². The number of nitrogens with one attached hydrogen (secondary N) is 8. The molecule has 2 aliphatic heterocycles. The fourth-order valence-corrected chi connectivity index (χ4v) is 13.8. The molecule has 2 aromatic carbocycles. The maximum absolute atomic E-state index is 14.4. The minimum absolute atomic E-state index is 0.0318. The summed E-state index contributed by atoms with van der Waals surface area (Å²) in [4.78, 5) is 138. The third-order valence-corrected chi connectivity index (χ3v) is 19.1. The van der Waals surface area contributed by atoms with Gasteiger partial charge in [0.25, 0.3) is 11.8 Å². The van der Waals surface area contributed by atoms with E-state index < -0.39 is 59.9 Å². The molecule has 86 heavy (non-hydrogen) atoms. The van der Waals surface area contributed by atoms with Crippen LogP contribution in [0, 0.1) is 11.8 Å². The van der Waals surface area contributed by atoms with E-state index in [9.17, 15) is 43.2 Å². The van der Waals surface area contributed by atoms with Crippen molar-refractivity contribution in [2.75, 3.05) is 64.0 Å². The molecule has 4 heterocycles. The van der Waals surface area contributed by atoms with Crippen LogP contribution < -0.4 is 42.5 Å². The van der Waals surface area contributed by atoms with Gasteiger partial charge in [0, 0.05) is 57.3 Å². The monoisotopic (exact) mass is 1220 g/mol. The van der Waals surface area contributed by atoms with Gasteiger partial charge < -0.3 is 57.2 Å². The van der Waals surface area contributed by atoms with E-state index in [4.69, 9.17) is 9.97 Å². The quantitative estimate of drug-likeness (QED) is 0.0339. The van der Waals surface area contributed by atoms with E-state index in [1.54, 1.807) is 42.6 Å². The van der Waals surface area contributed by atoms with Gasteiger partial charge in [-0.05, 0) is 104 Å². The van der Waals surface area contributed by atoms with Crippen molar-refractivity contribution in [2.45, 2.75) is 160 Å². The number of carbonyl (C=O) groups is 9. The Hall–Kier alpha value is -7.15. The van der Waals surface area contributed by atoms with E-state index in [0.717, 1.165) is 86.9 Å². The van der Waals surface area contributed by atoms with Gasteiger partial charge in [0.2, 0.25) is 41.4 Å². The first-order valence-corrected chi connectivity index (χ1v) is 32.3. The van der Waals surface area contributed by atoms with E-state index >= 15 is 0 Å². The van der Waals surface area contributed by atoms with E-state index in [2.05, 4.69) is 42.5 Å². The summed E-state index contributed by atoms with van der Waals surface area (Å²) in [5.74, 6) is -3.00. The highest BCUT2D eigenvalue weighted by Gasteiger charge is 2.43. The largest absolute Gasteiger partial charge is 0.350 e. The molecule has 0 radical (unpaired) electrons. The van der Waals surface area contributed by atoms with Crippen LogP contribution in [-0.4, -0.2) is 167 Å². The van der Waals surface area contributed by atoms with Crippen LogP contribution in [0.5, 0.6) is 0 Å². The Morgan fingerprint density at radius 1 is 0.547 bits per heavy atom. The number of thiazole rings is 2. The number of likely N-dealkylation sites (tertiary alicyclic amines) is 2. The zero-order valence-electron chi connectivity index (χ0n) is 50.2. The van der Waals surface area contributed by atoms with Crippen molar-refractivity contribution in [3.63, 3.8) is 0 Å². The molecule has 24 heteroatoms. The number of rotatable bonds is 26. The number of aromatic nitrogens is 2. The van der Waals surface area contributed by atoms with Crippen LogP contribution >= 0.6 is 22.7 Å². The molecular weight excluding hydrogens is 1130 g/mol. The lowest BCUT2D eigenvalue weighted by Crippen LogP contribution is -2.57. The second-order valence-electron chi connectivity index (χ2n) is 23.0. The van der Waals surface area contributed by atoms with Crippen molar-refractivity contribution < 1.29 is 43.2 Å². The summed E-state index contributed by atoms with van der Waals surface area (Å²) < 4.78 is 0. The Morgan fingerprint density at radius 2 is 0.930 bits per heavy atom. The first-order chi connectivity index (χ1) is 41.6. The minimum Gasteiger partial charge on any atom is -0.350 e. The molecule has 8 N–H and O–H groups in total. The summed E-state index contributed by atoms with van der Waals surface area (Å²) in [6.07, 6.45) is 12.2. The molecule has 6 atom stereocenters. The topological polar surface area (TPSA) is 285 Å². The fraction of sp³-hybridized carbons (Fsp3) is 0.565. The third-order valence-electron chi connectivity index (χ3n) is 17.1. The van der Waals surface area contributed by atoms with Gasteiger partial charge in [0.1, 0.15) is 45.6 Å². The second-order valence-corrected chi connectivity index (χ2v) is 25.0. The number of carbonyl (C=O) groups excluding carboxylic acids is 9. The molecule has 0 spiro atoms. The molecule has 9 amide bonds. The van der Waals surface area contributed by atoms with E-state index in [1.165, 1.54) is 6.92 Å². The molecule has 2 aromatic heterocycles. The van der Waals surface area contributed by atoms with Crippen molar-refractivity contribution in [3.05, 3.63) is 70.7 Å². The van der Waals surface area contributed by atoms with Crippen LogP contribution in [0.25, 0.3) is 22.5 Å². The highest BCUT2D eigenvalue weighted by Crippen LogP contribution is 2.37. The summed E-state index contributed by atoms with van der Waals surface area (Å²) in [5, 5.41) is 24.8. The molecule has 2 unspecified atom stereocenters. The average molecular weight is 1220 g/mol. The summed E-state index contributed by atoms with van der Waals surface area (Å²) in [5.41, 5.74) is 2.20. The number of hydrogen-bond donors (Lipinski definition) is 8. The molecule has 0 bridgehead atoms. The van der Waals surface area contributed by atoms with Crippen LogP contribution in [0.15, 0.2) is 60.7 Å². The number of anilines is 2. The SMILES string of the molecule is CN[C@@H](C)C(=O)N[C@H](C(=O)N1CCCC1C(=O)Nc1sc(C(=O)NCCCN(CCCNC(=O)c2nc(-c3ccccc3)c(NC(=O)C3CCCN3C(=O)[C@@H](NC(=O)[C@H](C)NC)C3CCCCC3)s2)C(C)=O)nc1-c1ccccc1)C1CCCCC1. The number of hydrogen-bond acceptors (Lipinski definition) is 15. The highest BCUT2D eigenvalue weighted by molar-refractivity contribution is 7.18. The molecular formula is C62H85N13O9S2. The molecule has 4 aliphatic rings. The van der Waals surface area contributed by atoms with Gasteiger partial charge in [0.15, 0.2) is 10.0 Å². The fourth-order valence-electron chi connectivity index (χ4n) is 12.0. The van der Waals surface area contributed by atoms with Crippen molar-refractivity contribution in [1.82, 2.24) is 56.6 Å². The van der Waals surface area contributed by atoms with Crippen LogP contribution in [0.1, 0.15) is 143 Å². The normalized spacial score (nSPS) is 18.7. The Labute approximate surface area is 511 Å². The van der Waals surface area contributed by atoms with E-state index in [1.807, 2.05) is 60.7 Å². The second kappa shape index (κ2) is 31.5. The zero-order valence-corrected chi connectivity index (χ0v) is 51.8. The average Bonchev–Trinajstić information content (AvgIpc) is 2.46. The number of amides is 9. The molecule has 2 saturated carbocycles. The first kappa shape index (κ1) is 64.8. The predicted octanol–water partition coefficient (Wildman–Crippen LogP) is 5.93. The number of benzene rings is 2. The molecule has 4 fully saturated rings. The van der Waals surface area contributed by atoms with Crippen LogP contribution in [-0.2, 0) is 33.6 Å². The van der Waals surface area contributed by atoms with Gasteiger partial charge in [-0.2, -0.15) is 0 Å². The zero-order chi connectivity index (χ0) is 61.3. The van der Waals surface area contributed by atoms with Crippen molar-refractivity contribution in [3.8, 4) is 22.5 Å². The Bertz CT molecular complexity index is 2810. The lowest BCUT2D eigenvalue weighted by Gasteiger charge is -2.35. The molecule has 464 valence electrons. The smallest absolute Gasteiger partial charge is 0.280 e. The van der Waals surface area contributed by atoms with Gasteiger partial charge >= 0.3 is 0 Å². The molecule has 4 aromatic rings. The van der Waals surface area contributed by atoms with Crippen LogP contribution in [0.2, 0.25) is 0 Å². The van der Waals surface area contributed by atoms with Gasteiger partial charge in [-0.15, -0.1) is 0 Å². The minimum atomic E-state index is -0.785. The lowest BCUT2D eigenvalue weighted by molar-refractivity contribution is -0.142. The number of nitrogens with zero attached hydrogens (tertiary/aromatic N) is 5. The third kappa shape index (κ3) is 16.7. The predicted molar refractivity (Wildman–Crippen MR) is 332 cm³/mol. The van der Waals surface area contributed by atoms with Gasteiger partial charge in [-0.1, -0.05) is 122 Å². The van der Waals surface area contributed by atoms with Crippen molar-refractivity contribution in [2.24, 2.45) is 11.8 Å². The number of likely N-dealkylation sites (N-methyl/N-ethyl adjacent to an activating group) is 2. The summed E-state index contributed by atoms with van der Waals surface area (Å²) in [7, 11) is 3.39. The molecule has 2 saturated heterocycles. The van der Waals surface area contributed by atoms with E-state index in [0.29, 0.717) is 97.2 Å². The van der Waals surface area contributed by atoms with Gasteiger partial charge in [-0.3, -0.25) is 43.2 Å². The Kier molecular flexibility index (Phi) is 23.7. The standard InChI is InChI=1S/C62H85N13O9S2/c1-38(63-4)51(77)67-49(43-26-14-8-15-27-43)61(83)74-36-18-30-45(74)53(79)71-57-47(41-22-10-6-11-23-41)69-59(85-57)55(81)65-32-20-34-73(40(3)76)35-21-33-66-56(82)60-70-48(42-24-12-7-13-25-42)58(86-60)72-54(80)46-31-19-37-75(46)62(84)50(44-28-16-9-17-29-44)68-52(78)39(2)64-5/h6-7,10-13,22-25,38-39,43-46,49-50,63-64H,8-9,14-21,26-37H2,1-5H3,(H,65,81)(H,66,82)(H,67,77)(H,68,78)(H,71,79)(H,72,80)/t38-,39-,45?,46?,49-,50-/m0/s1. The molecule has 8 rings (SSSR count). The first-order valence-electron chi connectivity index (χ1n) is 30.7. The molecule has 2 aliphatic carbocycles. The highest BCUT2D eigenvalue weighted by atomic mass is 32.1. The lowest BCUT2D eigenvalue weighted by atomic mass is 9.83. The summed E-state index contributed by atoms with van der Waals surface area (Å²) >= 11 is 2.07. The summed E-state index contributed by atoms with van der Waals surface area (Å²) in [6, 6.07) is 14.3. The summed E-state index contributed by atoms with van der Waals surface area (Å²) in [6.45, 7) is 6.76. The molecule has 22 nitrogen and oxygen atoms in total. The van der Waals surface area contributed by atoms with Crippen molar-refractivity contribution >= 4 is 85.8 Å². The maximum atomic E-state index is 14.4. The van der Waals surface area contributed by atoms with Gasteiger partial charge in [-0.25, -0.2) is 9.97 Å². The van der Waals surface area contributed by atoms with Crippen molar-refractivity contribution in [1.29, 1.82) is 0 Å².